The van der Waals surface area contributed by atoms with Crippen molar-refractivity contribution in [1.82, 2.24) is 10.2 Å². The summed E-state index contributed by atoms with van der Waals surface area (Å²) >= 11 is 0. The standard InChI is InChI=1S/C12H24N2O2/c1-5-10-12(15)14(7-6-8-16-4)11(13-10)9(2)3/h9-11,13H,5-8H2,1-4H3. The number of ether oxygens (including phenoxy) is 1. The average Bonchev–Trinajstić information content (AvgIpc) is 2.57. The summed E-state index contributed by atoms with van der Waals surface area (Å²) in [5.74, 6) is 0.695. The zero-order valence-corrected chi connectivity index (χ0v) is 10.8. The summed E-state index contributed by atoms with van der Waals surface area (Å²) < 4.78 is 5.03. The topological polar surface area (TPSA) is 41.6 Å². The predicted molar refractivity (Wildman–Crippen MR) is 64.0 cm³/mol. The van der Waals surface area contributed by atoms with Crippen LogP contribution in [0, 0.1) is 5.92 Å². The van der Waals surface area contributed by atoms with E-state index in [-0.39, 0.29) is 18.1 Å². The number of rotatable bonds is 6. The van der Waals surface area contributed by atoms with Gasteiger partial charge in [-0.25, -0.2) is 0 Å². The fourth-order valence-electron chi connectivity index (χ4n) is 2.18. The van der Waals surface area contributed by atoms with E-state index in [9.17, 15) is 4.79 Å². The number of carbonyl (C=O) groups is 1. The second-order valence-corrected chi connectivity index (χ2v) is 4.69. The van der Waals surface area contributed by atoms with Crippen LogP contribution in [0.4, 0.5) is 0 Å². The zero-order valence-electron chi connectivity index (χ0n) is 10.8. The van der Waals surface area contributed by atoms with Crippen LogP contribution in [-0.2, 0) is 9.53 Å². The van der Waals surface area contributed by atoms with Crippen LogP contribution in [0.3, 0.4) is 0 Å². The minimum absolute atomic E-state index is 0.00921. The first kappa shape index (κ1) is 13.5. The van der Waals surface area contributed by atoms with Crippen LogP contribution in [0.25, 0.3) is 0 Å². The number of nitrogens with zero attached hydrogens (tertiary/aromatic N) is 1. The number of amides is 1. The summed E-state index contributed by atoms with van der Waals surface area (Å²) in [5.41, 5.74) is 0. The number of hydrogen-bond acceptors (Lipinski definition) is 3. The van der Waals surface area contributed by atoms with Gasteiger partial charge in [-0.3, -0.25) is 10.1 Å². The molecule has 0 aromatic carbocycles. The van der Waals surface area contributed by atoms with Crippen molar-refractivity contribution in [2.75, 3.05) is 20.3 Å². The Morgan fingerprint density at radius 3 is 2.69 bits per heavy atom. The van der Waals surface area contributed by atoms with E-state index >= 15 is 0 Å². The van der Waals surface area contributed by atoms with Gasteiger partial charge in [0.05, 0.1) is 12.2 Å². The summed E-state index contributed by atoms with van der Waals surface area (Å²) in [6, 6.07) is 0.00921. The van der Waals surface area contributed by atoms with E-state index in [1.165, 1.54) is 0 Å². The highest BCUT2D eigenvalue weighted by molar-refractivity contribution is 5.84. The van der Waals surface area contributed by atoms with Gasteiger partial charge in [0.15, 0.2) is 0 Å². The molecule has 1 amide bonds. The Hall–Kier alpha value is -0.610. The van der Waals surface area contributed by atoms with Crippen molar-refractivity contribution in [1.29, 1.82) is 0 Å². The molecule has 1 heterocycles. The maximum atomic E-state index is 12.1. The Morgan fingerprint density at radius 1 is 1.50 bits per heavy atom. The monoisotopic (exact) mass is 228 g/mol. The van der Waals surface area contributed by atoms with Gasteiger partial charge in [0.2, 0.25) is 5.91 Å². The Kier molecular flexibility index (Phi) is 5.22. The molecule has 0 bridgehead atoms. The molecule has 94 valence electrons. The summed E-state index contributed by atoms with van der Waals surface area (Å²) in [6.45, 7) is 7.84. The second-order valence-electron chi connectivity index (χ2n) is 4.69. The summed E-state index contributed by atoms with van der Waals surface area (Å²) in [7, 11) is 1.69. The molecular formula is C12H24N2O2. The van der Waals surface area contributed by atoms with Gasteiger partial charge in [-0.15, -0.1) is 0 Å². The normalized spacial score (nSPS) is 25.8. The molecule has 1 aliphatic heterocycles. The van der Waals surface area contributed by atoms with E-state index in [4.69, 9.17) is 4.74 Å². The van der Waals surface area contributed by atoms with Crippen molar-refractivity contribution < 1.29 is 9.53 Å². The largest absolute Gasteiger partial charge is 0.385 e. The van der Waals surface area contributed by atoms with E-state index in [0.29, 0.717) is 12.5 Å². The maximum Gasteiger partial charge on any atom is 0.241 e. The molecule has 1 N–H and O–H groups in total. The lowest BCUT2D eigenvalue weighted by molar-refractivity contribution is -0.130. The predicted octanol–water partition coefficient (Wildman–Crippen LogP) is 1.22. The molecule has 0 aromatic rings. The summed E-state index contributed by atoms with van der Waals surface area (Å²) in [6.07, 6.45) is 1.96. The molecule has 0 aliphatic carbocycles. The summed E-state index contributed by atoms with van der Waals surface area (Å²) in [4.78, 5) is 14.0. The lowest BCUT2D eigenvalue weighted by Gasteiger charge is -2.27. The smallest absolute Gasteiger partial charge is 0.241 e. The van der Waals surface area contributed by atoms with Crippen molar-refractivity contribution in [2.45, 2.75) is 45.8 Å². The van der Waals surface area contributed by atoms with E-state index in [0.717, 1.165) is 19.4 Å². The highest BCUT2D eigenvalue weighted by atomic mass is 16.5. The van der Waals surface area contributed by atoms with Gasteiger partial charge in [-0.05, 0) is 18.8 Å². The summed E-state index contributed by atoms with van der Waals surface area (Å²) in [5, 5.41) is 3.40. The molecule has 0 aromatic heterocycles. The van der Waals surface area contributed by atoms with Crippen molar-refractivity contribution in [3.8, 4) is 0 Å². The van der Waals surface area contributed by atoms with Gasteiger partial charge in [-0.1, -0.05) is 20.8 Å². The van der Waals surface area contributed by atoms with Crippen molar-refractivity contribution >= 4 is 5.91 Å². The van der Waals surface area contributed by atoms with Gasteiger partial charge < -0.3 is 9.64 Å². The number of carbonyl (C=O) groups excluding carboxylic acids is 1. The van der Waals surface area contributed by atoms with Crippen molar-refractivity contribution in [3.63, 3.8) is 0 Å². The van der Waals surface area contributed by atoms with Crippen LogP contribution < -0.4 is 5.32 Å². The molecular weight excluding hydrogens is 204 g/mol. The van der Waals surface area contributed by atoms with Crippen molar-refractivity contribution in [3.05, 3.63) is 0 Å². The third kappa shape index (κ3) is 2.95. The average molecular weight is 228 g/mol. The minimum Gasteiger partial charge on any atom is -0.385 e. The number of nitrogens with one attached hydrogen (secondary N) is 1. The molecule has 1 saturated heterocycles. The van der Waals surface area contributed by atoms with Crippen LogP contribution in [0.2, 0.25) is 0 Å². The Bertz CT molecular complexity index is 231. The highest BCUT2D eigenvalue weighted by Crippen LogP contribution is 2.19. The molecule has 2 atom stereocenters. The van der Waals surface area contributed by atoms with Crippen LogP contribution in [-0.4, -0.2) is 43.3 Å². The highest BCUT2D eigenvalue weighted by Gasteiger charge is 2.38. The third-order valence-corrected chi connectivity index (χ3v) is 3.08. The molecule has 1 aliphatic rings. The lowest BCUT2D eigenvalue weighted by atomic mass is 10.1. The fourth-order valence-corrected chi connectivity index (χ4v) is 2.18. The minimum atomic E-state index is 0.00921. The Balaban J connectivity index is 2.58. The molecule has 0 radical (unpaired) electrons. The third-order valence-electron chi connectivity index (χ3n) is 3.08. The van der Waals surface area contributed by atoms with Crippen molar-refractivity contribution in [2.24, 2.45) is 5.92 Å². The Morgan fingerprint density at radius 2 is 2.19 bits per heavy atom. The van der Waals surface area contributed by atoms with Crippen LogP contribution >= 0.6 is 0 Å². The zero-order chi connectivity index (χ0) is 12.1. The Labute approximate surface area is 98.3 Å². The molecule has 1 fully saturated rings. The van der Waals surface area contributed by atoms with E-state index in [2.05, 4.69) is 19.2 Å². The van der Waals surface area contributed by atoms with Crippen LogP contribution in [0.15, 0.2) is 0 Å². The number of methoxy groups -OCH3 is 1. The van der Waals surface area contributed by atoms with Gasteiger partial charge in [-0.2, -0.15) is 0 Å². The molecule has 16 heavy (non-hydrogen) atoms. The van der Waals surface area contributed by atoms with Gasteiger partial charge in [0.1, 0.15) is 0 Å². The first-order valence-corrected chi connectivity index (χ1v) is 6.17. The van der Waals surface area contributed by atoms with E-state index < -0.39 is 0 Å². The van der Waals surface area contributed by atoms with E-state index in [1.807, 2.05) is 11.8 Å². The van der Waals surface area contributed by atoms with Crippen LogP contribution in [0.5, 0.6) is 0 Å². The quantitative estimate of drug-likeness (QED) is 0.695. The lowest BCUT2D eigenvalue weighted by Crippen LogP contribution is -2.42. The molecule has 4 heteroatoms. The van der Waals surface area contributed by atoms with Gasteiger partial charge >= 0.3 is 0 Å². The first-order chi connectivity index (χ1) is 7.61. The van der Waals surface area contributed by atoms with Gasteiger partial charge in [0.25, 0.3) is 0 Å². The fraction of sp³-hybridized carbons (Fsp3) is 0.917. The first-order valence-electron chi connectivity index (χ1n) is 6.17. The maximum absolute atomic E-state index is 12.1. The molecule has 4 nitrogen and oxygen atoms in total. The molecule has 1 rings (SSSR count). The van der Waals surface area contributed by atoms with Gasteiger partial charge in [0, 0.05) is 20.3 Å². The van der Waals surface area contributed by atoms with Crippen LogP contribution in [0.1, 0.15) is 33.6 Å². The molecule has 2 unspecified atom stereocenters. The number of hydrogen-bond donors (Lipinski definition) is 1. The molecule has 0 spiro atoms. The SMILES string of the molecule is CCC1NC(C(C)C)N(CCCOC)C1=O. The molecule has 0 saturated carbocycles. The van der Waals surface area contributed by atoms with E-state index in [1.54, 1.807) is 7.11 Å². The second kappa shape index (κ2) is 6.21.